The zero-order valence-corrected chi connectivity index (χ0v) is 5.23. The molecule has 1 heterocycles. The molecule has 0 aromatic carbocycles. The number of hydrogen-bond acceptors (Lipinski definition) is 3. The highest BCUT2D eigenvalue weighted by Crippen LogP contribution is 2.21. The predicted molar refractivity (Wildman–Crippen MR) is 34.5 cm³/mol. The van der Waals surface area contributed by atoms with Crippen LogP contribution < -0.4 is 0 Å². The lowest BCUT2D eigenvalue weighted by molar-refractivity contribution is 1.52. The Labute approximate surface area is 51.1 Å². The third-order valence-corrected chi connectivity index (χ3v) is 1.73. The zero-order valence-electron chi connectivity index (χ0n) is 4.42. The summed E-state index contributed by atoms with van der Waals surface area (Å²) in [4.78, 5) is 9.78. The maximum atomic E-state index is 9.78. The molecule has 0 aliphatic rings. The molecule has 0 atom stereocenters. The fourth-order valence-corrected chi connectivity index (χ4v) is 1.14. The summed E-state index contributed by atoms with van der Waals surface area (Å²) in [6.45, 7) is 1.94. The summed E-state index contributed by atoms with van der Waals surface area (Å²) in [5.41, 5.74) is 1.10. The second kappa shape index (κ2) is 2.05. The van der Waals surface area contributed by atoms with Gasteiger partial charge in [0.2, 0.25) is 0 Å². The van der Waals surface area contributed by atoms with Crippen molar-refractivity contribution in [1.82, 2.24) is 0 Å². The molecule has 42 valence electrons. The van der Waals surface area contributed by atoms with Crippen LogP contribution in [0.25, 0.3) is 0 Å². The molecule has 0 amide bonds. The average molecular weight is 127 g/mol. The van der Waals surface area contributed by atoms with Gasteiger partial charge in [-0.1, -0.05) is 0 Å². The molecule has 0 aliphatic carbocycles. The van der Waals surface area contributed by atoms with Crippen LogP contribution in [0.4, 0.5) is 5.00 Å². The van der Waals surface area contributed by atoms with Crippen LogP contribution in [0.1, 0.15) is 5.56 Å². The first-order valence-corrected chi connectivity index (χ1v) is 3.09. The molecule has 3 heteroatoms. The van der Waals surface area contributed by atoms with Gasteiger partial charge in [-0.05, 0) is 29.1 Å². The van der Waals surface area contributed by atoms with E-state index in [1.54, 1.807) is 6.07 Å². The minimum Gasteiger partial charge on any atom is -0.144 e. The Morgan fingerprint density at radius 2 is 2.50 bits per heavy atom. The quantitative estimate of drug-likeness (QED) is 0.533. The topological polar surface area (TPSA) is 29.4 Å². The van der Waals surface area contributed by atoms with Crippen LogP contribution in [-0.2, 0) is 0 Å². The van der Waals surface area contributed by atoms with Crippen LogP contribution in [0.5, 0.6) is 0 Å². The highest BCUT2D eigenvalue weighted by molar-refractivity contribution is 7.13. The minimum atomic E-state index is 0.558. The molecule has 0 saturated heterocycles. The third-order valence-electron chi connectivity index (χ3n) is 0.807. The SMILES string of the molecule is Cc1csc(N=O)c1. The van der Waals surface area contributed by atoms with Crippen molar-refractivity contribution in [2.45, 2.75) is 6.92 Å². The first kappa shape index (κ1) is 5.44. The first-order chi connectivity index (χ1) is 3.83. The van der Waals surface area contributed by atoms with Gasteiger partial charge in [0, 0.05) is 0 Å². The van der Waals surface area contributed by atoms with Crippen molar-refractivity contribution in [2.24, 2.45) is 5.18 Å². The molecule has 0 N–H and O–H groups in total. The van der Waals surface area contributed by atoms with E-state index >= 15 is 0 Å². The molecule has 0 spiro atoms. The van der Waals surface area contributed by atoms with Gasteiger partial charge in [0.1, 0.15) is 0 Å². The highest BCUT2D eigenvalue weighted by atomic mass is 32.1. The van der Waals surface area contributed by atoms with E-state index in [1.165, 1.54) is 11.3 Å². The fraction of sp³-hybridized carbons (Fsp3) is 0.200. The minimum absolute atomic E-state index is 0.558. The maximum absolute atomic E-state index is 9.78. The van der Waals surface area contributed by atoms with Gasteiger partial charge < -0.3 is 0 Å². The summed E-state index contributed by atoms with van der Waals surface area (Å²) >= 11 is 1.37. The van der Waals surface area contributed by atoms with Crippen LogP contribution >= 0.6 is 11.3 Å². The number of thiophene rings is 1. The number of rotatable bonds is 1. The van der Waals surface area contributed by atoms with Gasteiger partial charge in [0.15, 0.2) is 5.00 Å². The number of nitroso groups, excluding NO2 is 1. The van der Waals surface area contributed by atoms with Gasteiger partial charge in [-0.3, -0.25) is 0 Å². The molecule has 1 aromatic rings. The molecule has 0 unspecified atom stereocenters. The molecule has 0 aliphatic heterocycles. The van der Waals surface area contributed by atoms with Crippen molar-refractivity contribution in [3.63, 3.8) is 0 Å². The smallest absolute Gasteiger partial charge is 0.144 e. The largest absolute Gasteiger partial charge is 0.160 e. The van der Waals surface area contributed by atoms with E-state index in [0.717, 1.165) is 5.56 Å². The van der Waals surface area contributed by atoms with Crippen molar-refractivity contribution in [2.75, 3.05) is 0 Å². The van der Waals surface area contributed by atoms with Crippen molar-refractivity contribution in [3.8, 4) is 0 Å². The van der Waals surface area contributed by atoms with Crippen LogP contribution in [0.15, 0.2) is 16.6 Å². The van der Waals surface area contributed by atoms with E-state index in [-0.39, 0.29) is 0 Å². The molecule has 0 bridgehead atoms. The predicted octanol–water partition coefficient (Wildman–Crippen LogP) is 2.45. The average Bonchev–Trinajstić information content (AvgIpc) is 2.14. The molecule has 2 nitrogen and oxygen atoms in total. The summed E-state index contributed by atoms with van der Waals surface area (Å²) in [5, 5.41) is 5.22. The van der Waals surface area contributed by atoms with Crippen molar-refractivity contribution in [3.05, 3.63) is 21.9 Å². The Morgan fingerprint density at radius 1 is 1.75 bits per heavy atom. The maximum Gasteiger partial charge on any atom is 0.160 e. The molecule has 0 saturated carbocycles. The van der Waals surface area contributed by atoms with E-state index in [2.05, 4.69) is 5.18 Å². The Bertz CT molecular complexity index is 194. The Balaban J connectivity index is 3.00. The monoisotopic (exact) mass is 127 g/mol. The highest BCUT2D eigenvalue weighted by Gasteiger charge is 1.91. The van der Waals surface area contributed by atoms with E-state index in [4.69, 9.17) is 0 Å². The lowest BCUT2D eigenvalue weighted by atomic mass is 10.4. The van der Waals surface area contributed by atoms with Crippen LogP contribution in [0, 0.1) is 11.8 Å². The standard InChI is InChI=1S/C5H5NOS/c1-4-2-5(6-7)8-3-4/h2-3H,1H3. The Morgan fingerprint density at radius 3 is 2.75 bits per heavy atom. The van der Waals surface area contributed by atoms with E-state index in [1.807, 2.05) is 12.3 Å². The molecule has 0 fully saturated rings. The zero-order chi connectivity index (χ0) is 5.98. The van der Waals surface area contributed by atoms with Gasteiger partial charge in [-0.15, -0.1) is 16.2 Å². The second-order valence-electron chi connectivity index (χ2n) is 1.55. The molecule has 0 radical (unpaired) electrons. The summed E-state index contributed by atoms with van der Waals surface area (Å²) < 4.78 is 0. The number of hydrogen-bond donors (Lipinski definition) is 0. The summed E-state index contributed by atoms with van der Waals surface area (Å²) in [7, 11) is 0. The van der Waals surface area contributed by atoms with Gasteiger partial charge in [0.25, 0.3) is 0 Å². The lowest BCUT2D eigenvalue weighted by Crippen LogP contribution is -1.50. The fourth-order valence-electron chi connectivity index (χ4n) is 0.464. The summed E-state index contributed by atoms with van der Waals surface area (Å²) in [6, 6.07) is 1.76. The summed E-state index contributed by atoms with van der Waals surface area (Å²) in [5.74, 6) is 0. The first-order valence-electron chi connectivity index (χ1n) is 2.21. The van der Waals surface area contributed by atoms with Gasteiger partial charge in [0.05, 0.1) is 0 Å². The summed E-state index contributed by atoms with van der Waals surface area (Å²) in [6.07, 6.45) is 0. The molecule has 1 aromatic heterocycles. The molecule has 1 rings (SSSR count). The molecular formula is C5H5NOS. The van der Waals surface area contributed by atoms with Crippen molar-refractivity contribution >= 4 is 16.3 Å². The second-order valence-corrected chi connectivity index (χ2v) is 2.44. The Hall–Kier alpha value is -0.700. The van der Waals surface area contributed by atoms with Crippen LogP contribution in [-0.4, -0.2) is 0 Å². The molecule has 8 heavy (non-hydrogen) atoms. The van der Waals surface area contributed by atoms with Crippen molar-refractivity contribution in [1.29, 1.82) is 0 Å². The number of nitrogens with zero attached hydrogens (tertiary/aromatic N) is 1. The van der Waals surface area contributed by atoms with Crippen molar-refractivity contribution < 1.29 is 0 Å². The van der Waals surface area contributed by atoms with E-state index in [9.17, 15) is 4.91 Å². The number of aryl methyl sites for hydroxylation is 1. The van der Waals surface area contributed by atoms with Gasteiger partial charge >= 0.3 is 0 Å². The van der Waals surface area contributed by atoms with E-state index < -0.39 is 0 Å². The normalized spacial score (nSPS) is 9.12. The van der Waals surface area contributed by atoms with Gasteiger partial charge in [-0.2, -0.15) is 0 Å². The third kappa shape index (κ3) is 0.924. The Kier molecular flexibility index (Phi) is 1.39. The lowest BCUT2D eigenvalue weighted by Gasteiger charge is -1.69. The molecular weight excluding hydrogens is 122 g/mol. The van der Waals surface area contributed by atoms with Crippen LogP contribution in [0.2, 0.25) is 0 Å². The van der Waals surface area contributed by atoms with Crippen LogP contribution in [0.3, 0.4) is 0 Å². The van der Waals surface area contributed by atoms with Gasteiger partial charge in [-0.25, -0.2) is 0 Å². The van der Waals surface area contributed by atoms with E-state index in [0.29, 0.717) is 5.00 Å².